The van der Waals surface area contributed by atoms with Gasteiger partial charge >= 0.3 is 0 Å². The summed E-state index contributed by atoms with van der Waals surface area (Å²) in [5.41, 5.74) is 7.45. The molecule has 1 aliphatic rings. The van der Waals surface area contributed by atoms with Crippen LogP contribution in [0.15, 0.2) is 54.7 Å². The Labute approximate surface area is 188 Å². The summed E-state index contributed by atoms with van der Waals surface area (Å²) in [7, 11) is 0. The summed E-state index contributed by atoms with van der Waals surface area (Å²) in [6, 6.07) is 16.1. The van der Waals surface area contributed by atoms with E-state index in [9.17, 15) is 9.90 Å². The Morgan fingerprint density at radius 1 is 1.23 bits per heavy atom. The predicted molar refractivity (Wildman–Crippen MR) is 124 cm³/mol. The fourth-order valence-corrected chi connectivity index (χ4v) is 4.73. The Bertz CT molecular complexity index is 1100. The number of pyridine rings is 1. The van der Waals surface area contributed by atoms with Crippen molar-refractivity contribution in [1.29, 1.82) is 0 Å². The average Bonchev–Trinajstić information content (AvgIpc) is 3.28. The molecule has 31 heavy (non-hydrogen) atoms. The maximum Gasteiger partial charge on any atom is 0.272 e. The molecule has 1 amide bonds. The maximum absolute atomic E-state index is 12.8. The molecule has 0 aliphatic carbocycles. The minimum atomic E-state index is -0.0753. The number of amides is 1. The lowest BCUT2D eigenvalue weighted by Gasteiger charge is -2.19. The first-order chi connectivity index (χ1) is 15.0. The van der Waals surface area contributed by atoms with Crippen molar-refractivity contribution in [1.82, 2.24) is 9.88 Å². The van der Waals surface area contributed by atoms with E-state index in [1.807, 2.05) is 4.90 Å². The second kappa shape index (κ2) is 9.21. The van der Waals surface area contributed by atoms with Gasteiger partial charge in [-0.05, 0) is 71.3 Å². The molecule has 4 nitrogen and oxygen atoms in total. The highest BCUT2D eigenvalue weighted by molar-refractivity contribution is 6.30. The molecule has 160 valence electrons. The minimum absolute atomic E-state index is 0.0143. The van der Waals surface area contributed by atoms with Crippen LogP contribution in [0, 0.1) is 6.92 Å². The van der Waals surface area contributed by atoms with Gasteiger partial charge in [-0.3, -0.25) is 4.79 Å². The molecule has 3 aromatic rings. The smallest absolute Gasteiger partial charge is 0.272 e. The topological polar surface area (TPSA) is 53.4 Å². The van der Waals surface area contributed by atoms with Crippen LogP contribution in [0.1, 0.15) is 52.0 Å². The van der Waals surface area contributed by atoms with E-state index in [1.54, 1.807) is 12.1 Å². The van der Waals surface area contributed by atoms with E-state index in [4.69, 9.17) is 11.6 Å². The fourth-order valence-electron chi connectivity index (χ4n) is 4.61. The first kappa shape index (κ1) is 21.5. The maximum atomic E-state index is 12.8. The number of hydrogen-bond donors (Lipinski definition) is 1. The molecule has 1 atom stereocenters. The van der Waals surface area contributed by atoms with E-state index in [2.05, 4.69) is 55.2 Å². The molecule has 1 aromatic heterocycles. The summed E-state index contributed by atoms with van der Waals surface area (Å²) in [4.78, 5) is 18.8. The summed E-state index contributed by atoms with van der Waals surface area (Å²) >= 11 is 5.89. The Morgan fingerprint density at radius 3 is 2.77 bits per heavy atom. The summed E-state index contributed by atoms with van der Waals surface area (Å²) in [6.07, 6.45) is 3.34. The first-order valence-electron chi connectivity index (χ1n) is 10.7. The van der Waals surface area contributed by atoms with Crippen molar-refractivity contribution >= 4 is 17.5 Å². The highest BCUT2D eigenvalue weighted by Crippen LogP contribution is 2.34. The van der Waals surface area contributed by atoms with Crippen LogP contribution >= 0.6 is 11.6 Å². The lowest BCUT2D eigenvalue weighted by Crippen LogP contribution is -2.29. The number of aryl methyl sites for hydroxylation is 1. The highest BCUT2D eigenvalue weighted by Gasteiger charge is 2.30. The molecule has 4 rings (SSSR count). The number of aliphatic hydroxyl groups excluding tert-OH is 1. The van der Waals surface area contributed by atoms with Crippen molar-refractivity contribution in [3.8, 4) is 11.1 Å². The van der Waals surface area contributed by atoms with E-state index in [-0.39, 0.29) is 18.4 Å². The average molecular weight is 435 g/mol. The number of halogens is 1. The van der Waals surface area contributed by atoms with Gasteiger partial charge in [0.05, 0.1) is 11.6 Å². The number of aliphatic hydroxyl groups is 1. The van der Waals surface area contributed by atoms with Crippen molar-refractivity contribution < 1.29 is 9.90 Å². The van der Waals surface area contributed by atoms with E-state index in [1.165, 1.54) is 22.9 Å². The van der Waals surface area contributed by atoms with Gasteiger partial charge in [-0.2, -0.15) is 0 Å². The summed E-state index contributed by atoms with van der Waals surface area (Å²) in [5, 5.41) is 10.6. The Balaban J connectivity index is 1.57. The van der Waals surface area contributed by atoms with Gasteiger partial charge in [0, 0.05) is 25.2 Å². The van der Waals surface area contributed by atoms with Crippen molar-refractivity contribution in [2.75, 3.05) is 13.1 Å². The van der Waals surface area contributed by atoms with Gasteiger partial charge in [0.25, 0.3) is 5.91 Å². The van der Waals surface area contributed by atoms with Crippen LogP contribution in [-0.4, -0.2) is 34.0 Å². The van der Waals surface area contributed by atoms with Crippen molar-refractivity contribution in [3.05, 3.63) is 87.7 Å². The molecule has 1 saturated heterocycles. The standard InChI is InChI=1S/C26H27ClN2O2/c1-3-22-17(2)5-4-6-24(22)18-7-9-23(20(13-18)16-30)19-11-12-29(15-19)26(31)25-10-8-21(27)14-28-25/h4-10,13-14,19,30H,3,11-12,15-16H2,1-2H3. The van der Waals surface area contributed by atoms with Gasteiger partial charge in [-0.15, -0.1) is 0 Å². The van der Waals surface area contributed by atoms with Crippen LogP contribution < -0.4 is 0 Å². The molecule has 1 aliphatic heterocycles. The fraction of sp³-hybridized carbons (Fsp3) is 0.308. The highest BCUT2D eigenvalue weighted by atomic mass is 35.5. The van der Waals surface area contributed by atoms with Gasteiger partial charge in [0.2, 0.25) is 0 Å². The number of likely N-dealkylation sites (tertiary alicyclic amines) is 1. The van der Waals surface area contributed by atoms with Crippen molar-refractivity contribution in [3.63, 3.8) is 0 Å². The van der Waals surface area contributed by atoms with Crippen LogP contribution in [0.5, 0.6) is 0 Å². The predicted octanol–water partition coefficient (Wildman–Crippen LogP) is 5.39. The molecule has 0 saturated carbocycles. The third-order valence-electron chi connectivity index (χ3n) is 6.25. The number of carbonyl (C=O) groups excluding carboxylic acids is 1. The molecule has 0 spiro atoms. The molecule has 5 heteroatoms. The van der Waals surface area contributed by atoms with Crippen LogP contribution in [0.4, 0.5) is 0 Å². The molecule has 1 unspecified atom stereocenters. The van der Waals surface area contributed by atoms with Crippen LogP contribution in [0.25, 0.3) is 11.1 Å². The van der Waals surface area contributed by atoms with Gasteiger partial charge in [0.1, 0.15) is 5.69 Å². The van der Waals surface area contributed by atoms with Crippen molar-refractivity contribution in [2.24, 2.45) is 0 Å². The number of rotatable bonds is 5. The SMILES string of the molecule is CCc1c(C)cccc1-c1ccc(C2CCN(C(=O)c3ccc(Cl)cn3)C2)c(CO)c1. The largest absolute Gasteiger partial charge is 0.392 e. The van der Waals surface area contributed by atoms with Crippen molar-refractivity contribution in [2.45, 2.75) is 39.2 Å². The third kappa shape index (κ3) is 4.36. The lowest BCUT2D eigenvalue weighted by atomic mass is 9.88. The van der Waals surface area contributed by atoms with E-state index >= 15 is 0 Å². The molecule has 2 aromatic carbocycles. The van der Waals surface area contributed by atoms with Crippen LogP contribution in [0.3, 0.4) is 0 Å². The zero-order valence-electron chi connectivity index (χ0n) is 17.9. The molecule has 1 fully saturated rings. The molecular weight excluding hydrogens is 408 g/mol. The Morgan fingerprint density at radius 2 is 2.06 bits per heavy atom. The van der Waals surface area contributed by atoms with E-state index in [0.717, 1.165) is 29.5 Å². The van der Waals surface area contributed by atoms with Gasteiger partial charge < -0.3 is 10.0 Å². The van der Waals surface area contributed by atoms with E-state index < -0.39 is 0 Å². The monoisotopic (exact) mass is 434 g/mol. The summed E-state index contributed by atoms with van der Waals surface area (Å²) in [6.45, 7) is 5.61. The van der Waals surface area contributed by atoms with Gasteiger partial charge in [0.15, 0.2) is 0 Å². The second-order valence-corrected chi connectivity index (χ2v) is 8.56. The number of aromatic nitrogens is 1. The normalized spacial score (nSPS) is 16.0. The molecular formula is C26H27ClN2O2. The van der Waals surface area contributed by atoms with E-state index in [0.29, 0.717) is 23.8 Å². The third-order valence-corrected chi connectivity index (χ3v) is 6.47. The number of nitrogens with zero attached hydrogens (tertiary/aromatic N) is 2. The second-order valence-electron chi connectivity index (χ2n) is 8.12. The number of carbonyl (C=O) groups is 1. The number of hydrogen-bond acceptors (Lipinski definition) is 3. The summed E-state index contributed by atoms with van der Waals surface area (Å²) < 4.78 is 0. The molecule has 0 radical (unpaired) electrons. The molecule has 1 N–H and O–H groups in total. The van der Waals surface area contributed by atoms with Gasteiger partial charge in [-0.25, -0.2) is 4.98 Å². The minimum Gasteiger partial charge on any atom is -0.392 e. The lowest BCUT2D eigenvalue weighted by molar-refractivity contribution is 0.0785. The quantitative estimate of drug-likeness (QED) is 0.585. The van der Waals surface area contributed by atoms with Crippen LogP contribution in [-0.2, 0) is 13.0 Å². The molecule has 2 heterocycles. The molecule has 0 bridgehead atoms. The Kier molecular flexibility index (Phi) is 6.40. The first-order valence-corrected chi connectivity index (χ1v) is 11.1. The zero-order chi connectivity index (χ0) is 22.0. The van der Waals surface area contributed by atoms with Gasteiger partial charge in [-0.1, -0.05) is 48.9 Å². The van der Waals surface area contributed by atoms with Crippen LogP contribution in [0.2, 0.25) is 5.02 Å². The number of benzene rings is 2. The zero-order valence-corrected chi connectivity index (χ0v) is 18.7. The Hall–Kier alpha value is -2.69. The summed E-state index contributed by atoms with van der Waals surface area (Å²) in [5.74, 6) is 0.129.